The summed E-state index contributed by atoms with van der Waals surface area (Å²) >= 11 is 0. The van der Waals surface area contributed by atoms with Gasteiger partial charge in [-0.2, -0.15) is 0 Å². The molecule has 0 unspecified atom stereocenters. The Morgan fingerprint density at radius 1 is 1.31 bits per heavy atom. The van der Waals surface area contributed by atoms with Gasteiger partial charge in [0.05, 0.1) is 26.3 Å². The summed E-state index contributed by atoms with van der Waals surface area (Å²) in [5, 5.41) is 11.0. The fourth-order valence-corrected chi connectivity index (χ4v) is 1.45. The highest BCUT2D eigenvalue weighted by Crippen LogP contribution is 2.17. The zero-order valence-electron chi connectivity index (χ0n) is 8.76. The standard InChI is InChI=1S/C11H13NO4/c13-10-4-2-1-3-9(10)11(14)16-12-5-7-15-8-6-12/h1-4,13H,5-8H2. The number of benzene rings is 1. The van der Waals surface area contributed by atoms with E-state index in [0.29, 0.717) is 26.3 Å². The number of phenolic OH excluding ortho intramolecular Hbond substituents is 1. The third-order valence-corrected chi connectivity index (χ3v) is 2.31. The van der Waals surface area contributed by atoms with Crippen molar-refractivity contribution in [3.05, 3.63) is 29.8 Å². The van der Waals surface area contributed by atoms with Crippen molar-refractivity contribution in [2.24, 2.45) is 0 Å². The lowest BCUT2D eigenvalue weighted by molar-refractivity contribution is -0.150. The Labute approximate surface area is 93.1 Å². The topological polar surface area (TPSA) is 59.0 Å². The first-order valence-electron chi connectivity index (χ1n) is 5.10. The predicted octanol–water partition coefficient (Wildman–Crippen LogP) is 0.796. The monoisotopic (exact) mass is 223 g/mol. The molecule has 0 spiro atoms. The van der Waals surface area contributed by atoms with Gasteiger partial charge in [0.2, 0.25) is 0 Å². The van der Waals surface area contributed by atoms with Gasteiger partial charge in [-0.3, -0.25) is 0 Å². The van der Waals surface area contributed by atoms with Crippen LogP contribution in [-0.2, 0) is 9.57 Å². The highest BCUT2D eigenvalue weighted by Gasteiger charge is 2.18. The van der Waals surface area contributed by atoms with Gasteiger partial charge < -0.3 is 14.7 Å². The van der Waals surface area contributed by atoms with E-state index in [2.05, 4.69) is 0 Å². The van der Waals surface area contributed by atoms with Gasteiger partial charge in [-0.05, 0) is 12.1 Å². The molecule has 16 heavy (non-hydrogen) atoms. The molecule has 0 atom stereocenters. The van der Waals surface area contributed by atoms with Crippen LogP contribution < -0.4 is 0 Å². The van der Waals surface area contributed by atoms with Crippen molar-refractivity contribution in [1.82, 2.24) is 5.06 Å². The molecule has 1 aromatic carbocycles. The predicted molar refractivity (Wildman–Crippen MR) is 55.9 cm³/mol. The Bertz CT molecular complexity index is 374. The summed E-state index contributed by atoms with van der Waals surface area (Å²) < 4.78 is 5.13. The molecule has 1 aliphatic heterocycles. The minimum Gasteiger partial charge on any atom is -0.507 e. The maximum Gasteiger partial charge on any atom is 0.360 e. The van der Waals surface area contributed by atoms with Crippen LogP contribution in [0.15, 0.2) is 24.3 Å². The van der Waals surface area contributed by atoms with Crippen molar-refractivity contribution in [1.29, 1.82) is 0 Å². The van der Waals surface area contributed by atoms with Crippen molar-refractivity contribution in [2.45, 2.75) is 0 Å². The van der Waals surface area contributed by atoms with Crippen LogP contribution in [-0.4, -0.2) is 42.4 Å². The smallest absolute Gasteiger partial charge is 0.360 e. The number of para-hydroxylation sites is 1. The van der Waals surface area contributed by atoms with Crippen LogP contribution in [0.5, 0.6) is 5.75 Å². The van der Waals surface area contributed by atoms with Gasteiger partial charge in [0, 0.05) is 0 Å². The minimum atomic E-state index is -0.542. The van der Waals surface area contributed by atoms with E-state index >= 15 is 0 Å². The van der Waals surface area contributed by atoms with Gasteiger partial charge in [-0.25, -0.2) is 4.79 Å². The molecule has 0 bridgehead atoms. The quantitative estimate of drug-likeness (QED) is 0.803. The molecule has 1 aliphatic rings. The van der Waals surface area contributed by atoms with Gasteiger partial charge in [0.25, 0.3) is 0 Å². The maximum absolute atomic E-state index is 11.7. The van der Waals surface area contributed by atoms with Gasteiger partial charge in [-0.1, -0.05) is 12.1 Å². The van der Waals surface area contributed by atoms with Gasteiger partial charge >= 0.3 is 5.97 Å². The van der Waals surface area contributed by atoms with E-state index in [1.807, 2.05) is 0 Å². The van der Waals surface area contributed by atoms with Gasteiger partial charge in [0.15, 0.2) is 0 Å². The number of hydrogen-bond acceptors (Lipinski definition) is 5. The summed E-state index contributed by atoms with van der Waals surface area (Å²) in [6.45, 7) is 2.21. The third kappa shape index (κ3) is 2.50. The number of carbonyl (C=O) groups is 1. The van der Waals surface area contributed by atoms with Crippen molar-refractivity contribution in [2.75, 3.05) is 26.3 Å². The van der Waals surface area contributed by atoms with E-state index in [-0.39, 0.29) is 11.3 Å². The van der Waals surface area contributed by atoms with E-state index in [1.54, 1.807) is 12.1 Å². The average molecular weight is 223 g/mol. The number of hydroxylamine groups is 2. The number of phenols is 1. The molecule has 1 aromatic rings. The second kappa shape index (κ2) is 4.96. The van der Waals surface area contributed by atoms with Crippen LogP contribution in [0, 0.1) is 0 Å². The molecular weight excluding hydrogens is 210 g/mol. The van der Waals surface area contributed by atoms with Crippen molar-refractivity contribution >= 4 is 5.97 Å². The van der Waals surface area contributed by atoms with Crippen molar-refractivity contribution in [3.63, 3.8) is 0 Å². The lowest BCUT2D eigenvalue weighted by atomic mass is 10.2. The molecule has 0 saturated carbocycles. The third-order valence-electron chi connectivity index (χ3n) is 2.31. The highest BCUT2D eigenvalue weighted by atomic mass is 16.7. The maximum atomic E-state index is 11.7. The zero-order valence-corrected chi connectivity index (χ0v) is 8.76. The molecule has 2 rings (SSSR count). The highest BCUT2D eigenvalue weighted by molar-refractivity contribution is 5.92. The molecule has 0 radical (unpaired) electrons. The largest absolute Gasteiger partial charge is 0.507 e. The summed E-state index contributed by atoms with van der Waals surface area (Å²) in [4.78, 5) is 16.8. The Hall–Kier alpha value is -1.59. The molecule has 1 heterocycles. The molecule has 5 heteroatoms. The Kier molecular flexibility index (Phi) is 3.38. The lowest BCUT2D eigenvalue weighted by Gasteiger charge is -2.25. The molecule has 0 aliphatic carbocycles. The summed E-state index contributed by atoms with van der Waals surface area (Å²) in [5.74, 6) is -0.610. The van der Waals surface area contributed by atoms with Crippen LogP contribution in [0.4, 0.5) is 0 Å². The van der Waals surface area contributed by atoms with Crippen LogP contribution in [0.1, 0.15) is 10.4 Å². The molecule has 0 amide bonds. The first kappa shape index (κ1) is 10.9. The molecule has 86 valence electrons. The number of morpholine rings is 1. The number of aromatic hydroxyl groups is 1. The molecule has 1 fully saturated rings. The molecule has 5 nitrogen and oxygen atoms in total. The zero-order chi connectivity index (χ0) is 11.4. The van der Waals surface area contributed by atoms with E-state index < -0.39 is 5.97 Å². The van der Waals surface area contributed by atoms with E-state index in [1.165, 1.54) is 17.2 Å². The fourth-order valence-electron chi connectivity index (χ4n) is 1.45. The first-order chi connectivity index (χ1) is 7.77. The van der Waals surface area contributed by atoms with Gasteiger partial charge in [-0.15, -0.1) is 5.06 Å². The van der Waals surface area contributed by atoms with Crippen LogP contribution in [0.3, 0.4) is 0 Å². The fraction of sp³-hybridized carbons (Fsp3) is 0.364. The summed E-state index contributed by atoms with van der Waals surface area (Å²) in [6.07, 6.45) is 0. The van der Waals surface area contributed by atoms with Gasteiger partial charge in [0.1, 0.15) is 11.3 Å². The molecule has 0 aromatic heterocycles. The summed E-state index contributed by atoms with van der Waals surface area (Å²) in [5.41, 5.74) is 0.175. The van der Waals surface area contributed by atoms with Crippen LogP contribution in [0.2, 0.25) is 0 Å². The number of rotatable bonds is 2. The van der Waals surface area contributed by atoms with Crippen LogP contribution >= 0.6 is 0 Å². The second-order valence-electron chi connectivity index (χ2n) is 3.44. The Morgan fingerprint density at radius 2 is 2.00 bits per heavy atom. The number of nitrogens with zero attached hydrogens (tertiary/aromatic N) is 1. The first-order valence-corrected chi connectivity index (χ1v) is 5.10. The summed E-state index contributed by atoms with van der Waals surface area (Å²) in [6, 6.07) is 6.31. The Balaban J connectivity index is 2.00. The average Bonchev–Trinajstić information content (AvgIpc) is 2.31. The number of carbonyl (C=O) groups excluding carboxylic acids is 1. The van der Waals surface area contributed by atoms with Crippen molar-refractivity contribution < 1.29 is 19.5 Å². The number of hydrogen-bond donors (Lipinski definition) is 1. The second-order valence-corrected chi connectivity index (χ2v) is 3.44. The van der Waals surface area contributed by atoms with E-state index in [0.717, 1.165) is 0 Å². The van der Waals surface area contributed by atoms with Crippen LogP contribution in [0.25, 0.3) is 0 Å². The minimum absolute atomic E-state index is 0.0687. The molecule has 1 N–H and O–H groups in total. The van der Waals surface area contributed by atoms with E-state index in [4.69, 9.17) is 9.57 Å². The molecule has 1 saturated heterocycles. The SMILES string of the molecule is O=C(ON1CCOCC1)c1ccccc1O. The van der Waals surface area contributed by atoms with Crippen molar-refractivity contribution in [3.8, 4) is 5.75 Å². The number of ether oxygens (including phenoxy) is 1. The molecular formula is C11H13NO4. The normalized spacial score (nSPS) is 17.0. The Morgan fingerprint density at radius 3 is 2.69 bits per heavy atom. The van der Waals surface area contributed by atoms with E-state index in [9.17, 15) is 9.90 Å². The summed E-state index contributed by atoms with van der Waals surface area (Å²) in [7, 11) is 0. The lowest BCUT2D eigenvalue weighted by Crippen LogP contribution is -2.37.